The lowest BCUT2D eigenvalue weighted by atomic mass is 9.75. The van der Waals surface area contributed by atoms with Crippen LogP contribution in [-0.4, -0.2) is 83.8 Å². The lowest BCUT2D eigenvalue weighted by Gasteiger charge is -2.37. The van der Waals surface area contributed by atoms with Gasteiger partial charge in [0.1, 0.15) is 0 Å². The number of piperazine rings is 1. The van der Waals surface area contributed by atoms with E-state index in [1.807, 2.05) is 18.3 Å². The molecule has 0 bridgehead atoms. The van der Waals surface area contributed by atoms with Gasteiger partial charge in [-0.15, -0.1) is 0 Å². The van der Waals surface area contributed by atoms with Crippen LogP contribution in [-0.2, 0) is 31.1 Å². The van der Waals surface area contributed by atoms with Crippen LogP contribution in [0.1, 0.15) is 24.0 Å². The SMILES string of the molecule is COCCN1C(=O)C[C@@](CC(=O)N2CCN(Cc3cccnc3)CC2)(c2ccccc2Cl)C1=O. The van der Waals surface area contributed by atoms with Gasteiger partial charge in [0.05, 0.1) is 18.6 Å². The number of hydrogen-bond donors (Lipinski definition) is 0. The van der Waals surface area contributed by atoms with Crippen LogP contribution in [0.25, 0.3) is 0 Å². The van der Waals surface area contributed by atoms with Crippen molar-refractivity contribution in [3.8, 4) is 0 Å². The highest BCUT2D eigenvalue weighted by atomic mass is 35.5. The second kappa shape index (κ2) is 10.6. The summed E-state index contributed by atoms with van der Waals surface area (Å²) < 4.78 is 5.07. The van der Waals surface area contributed by atoms with E-state index in [1.54, 1.807) is 35.4 Å². The highest BCUT2D eigenvalue weighted by molar-refractivity contribution is 6.32. The first-order valence-corrected chi connectivity index (χ1v) is 11.8. The maximum Gasteiger partial charge on any atom is 0.241 e. The van der Waals surface area contributed by atoms with Crippen molar-refractivity contribution in [2.45, 2.75) is 24.8 Å². The molecule has 2 fully saturated rings. The van der Waals surface area contributed by atoms with Crippen molar-refractivity contribution in [2.75, 3.05) is 46.4 Å². The Bertz CT molecular complexity index is 1040. The number of hydrogen-bond acceptors (Lipinski definition) is 6. The maximum atomic E-state index is 13.6. The van der Waals surface area contributed by atoms with E-state index in [9.17, 15) is 14.4 Å². The Labute approximate surface area is 204 Å². The quantitative estimate of drug-likeness (QED) is 0.534. The van der Waals surface area contributed by atoms with Crippen LogP contribution in [0.2, 0.25) is 5.02 Å². The number of methoxy groups -OCH3 is 1. The van der Waals surface area contributed by atoms with Gasteiger partial charge in [-0.25, -0.2) is 0 Å². The predicted octanol–water partition coefficient (Wildman–Crippen LogP) is 2.11. The zero-order chi connectivity index (χ0) is 24.1. The molecule has 3 amide bonds. The van der Waals surface area contributed by atoms with E-state index in [1.165, 1.54) is 12.0 Å². The molecule has 2 aromatic rings. The first kappa shape index (κ1) is 24.3. The van der Waals surface area contributed by atoms with Gasteiger partial charge in [-0.05, 0) is 23.3 Å². The molecule has 180 valence electrons. The molecule has 0 spiro atoms. The molecule has 0 unspecified atom stereocenters. The Kier molecular flexibility index (Phi) is 7.60. The Balaban J connectivity index is 1.49. The monoisotopic (exact) mass is 484 g/mol. The minimum absolute atomic E-state index is 0.0774. The molecule has 34 heavy (non-hydrogen) atoms. The van der Waals surface area contributed by atoms with Gasteiger partial charge in [-0.3, -0.25) is 29.2 Å². The van der Waals surface area contributed by atoms with Crippen LogP contribution in [0.4, 0.5) is 0 Å². The minimum atomic E-state index is -1.30. The molecule has 9 heteroatoms. The van der Waals surface area contributed by atoms with E-state index in [-0.39, 0.29) is 43.7 Å². The van der Waals surface area contributed by atoms with Crippen molar-refractivity contribution in [3.05, 3.63) is 64.9 Å². The van der Waals surface area contributed by atoms with Gasteiger partial charge < -0.3 is 9.64 Å². The highest BCUT2D eigenvalue weighted by Gasteiger charge is 2.54. The summed E-state index contributed by atoms with van der Waals surface area (Å²) in [4.78, 5) is 49.3. The normalized spacial score (nSPS) is 21.4. The number of carbonyl (C=O) groups excluding carboxylic acids is 3. The molecule has 0 saturated carbocycles. The Morgan fingerprint density at radius 1 is 1.12 bits per heavy atom. The Morgan fingerprint density at radius 2 is 1.88 bits per heavy atom. The molecule has 4 rings (SSSR count). The second-order valence-electron chi connectivity index (χ2n) is 8.78. The van der Waals surface area contributed by atoms with Gasteiger partial charge in [0, 0.05) is 70.1 Å². The Hall–Kier alpha value is -2.81. The number of imide groups is 1. The number of ether oxygens (including phenoxy) is 1. The van der Waals surface area contributed by atoms with Gasteiger partial charge in [0.2, 0.25) is 17.7 Å². The summed E-state index contributed by atoms with van der Waals surface area (Å²) in [6.45, 7) is 3.75. The van der Waals surface area contributed by atoms with Gasteiger partial charge in [0.15, 0.2) is 0 Å². The molecule has 0 radical (unpaired) electrons. The number of amides is 3. The molecule has 2 saturated heterocycles. The van der Waals surface area contributed by atoms with Crippen molar-refractivity contribution in [1.82, 2.24) is 19.7 Å². The number of carbonyl (C=O) groups is 3. The Morgan fingerprint density at radius 3 is 2.56 bits per heavy atom. The highest BCUT2D eigenvalue weighted by Crippen LogP contribution is 2.43. The van der Waals surface area contributed by atoms with E-state index in [0.717, 1.165) is 25.2 Å². The van der Waals surface area contributed by atoms with E-state index >= 15 is 0 Å². The number of nitrogens with zero attached hydrogens (tertiary/aromatic N) is 4. The fraction of sp³-hybridized carbons (Fsp3) is 0.440. The third-order valence-electron chi connectivity index (χ3n) is 6.62. The van der Waals surface area contributed by atoms with Gasteiger partial charge in [-0.1, -0.05) is 35.9 Å². The lowest BCUT2D eigenvalue weighted by Crippen LogP contribution is -2.50. The lowest BCUT2D eigenvalue weighted by molar-refractivity contribution is -0.143. The van der Waals surface area contributed by atoms with Crippen molar-refractivity contribution in [3.63, 3.8) is 0 Å². The first-order chi connectivity index (χ1) is 16.4. The molecule has 0 aliphatic carbocycles. The topological polar surface area (TPSA) is 83.1 Å². The third kappa shape index (κ3) is 4.99. The van der Waals surface area contributed by atoms with E-state index in [4.69, 9.17) is 16.3 Å². The fourth-order valence-corrected chi connectivity index (χ4v) is 5.09. The molecule has 2 aliphatic rings. The number of pyridine rings is 1. The van der Waals surface area contributed by atoms with Crippen molar-refractivity contribution >= 4 is 29.3 Å². The summed E-state index contributed by atoms with van der Waals surface area (Å²) in [5.74, 6) is -0.835. The largest absolute Gasteiger partial charge is 0.383 e. The van der Waals surface area contributed by atoms with Crippen LogP contribution in [0.3, 0.4) is 0 Å². The zero-order valence-electron chi connectivity index (χ0n) is 19.3. The summed E-state index contributed by atoms with van der Waals surface area (Å²) >= 11 is 6.48. The summed E-state index contributed by atoms with van der Waals surface area (Å²) in [6.07, 6.45) is 3.43. The molecule has 0 N–H and O–H groups in total. The molecular weight excluding hydrogens is 456 g/mol. The average Bonchev–Trinajstić information content (AvgIpc) is 3.08. The fourth-order valence-electron chi connectivity index (χ4n) is 4.78. The number of halogens is 1. The van der Waals surface area contributed by atoms with Crippen LogP contribution in [0.15, 0.2) is 48.8 Å². The van der Waals surface area contributed by atoms with Crippen molar-refractivity contribution < 1.29 is 19.1 Å². The summed E-state index contributed by atoms with van der Waals surface area (Å²) in [5, 5.41) is 0.381. The molecule has 8 nitrogen and oxygen atoms in total. The van der Waals surface area contributed by atoms with Crippen LogP contribution in [0.5, 0.6) is 0 Å². The number of rotatable bonds is 8. The minimum Gasteiger partial charge on any atom is -0.383 e. The zero-order valence-corrected chi connectivity index (χ0v) is 20.0. The third-order valence-corrected chi connectivity index (χ3v) is 6.95. The number of aromatic nitrogens is 1. The standard InChI is InChI=1S/C25H29ClN4O4/c1-34-14-13-30-23(32)16-25(24(30)33,20-6-2-3-7-21(20)26)15-22(31)29-11-9-28(10-12-29)18-19-5-4-8-27-17-19/h2-8,17H,9-16,18H2,1H3/t25-/m0/s1. The van der Waals surface area contributed by atoms with Crippen LogP contribution in [0, 0.1) is 0 Å². The smallest absolute Gasteiger partial charge is 0.241 e. The second-order valence-corrected chi connectivity index (χ2v) is 9.18. The van der Waals surface area contributed by atoms with Gasteiger partial charge in [0.25, 0.3) is 0 Å². The van der Waals surface area contributed by atoms with E-state index in [2.05, 4.69) is 9.88 Å². The van der Waals surface area contributed by atoms with Gasteiger partial charge in [-0.2, -0.15) is 0 Å². The number of benzene rings is 1. The van der Waals surface area contributed by atoms with Gasteiger partial charge >= 0.3 is 0 Å². The predicted molar refractivity (Wildman–Crippen MR) is 127 cm³/mol. The van der Waals surface area contributed by atoms with Crippen molar-refractivity contribution in [1.29, 1.82) is 0 Å². The molecular formula is C25H29ClN4O4. The maximum absolute atomic E-state index is 13.6. The van der Waals surface area contributed by atoms with Crippen LogP contribution < -0.4 is 0 Å². The van der Waals surface area contributed by atoms with Crippen molar-refractivity contribution in [2.24, 2.45) is 0 Å². The molecule has 1 atom stereocenters. The molecule has 1 aromatic heterocycles. The first-order valence-electron chi connectivity index (χ1n) is 11.4. The summed E-state index contributed by atoms with van der Waals surface area (Å²) in [5.41, 5.74) is 0.359. The summed E-state index contributed by atoms with van der Waals surface area (Å²) in [6, 6.07) is 10.9. The molecule has 1 aromatic carbocycles. The molecule has 2 aliphatic heterocycles. The number of likely N-dealkylation sites (tertiary alicyclic amines) is 1. The molecule has 3 heterocycles. The van der Waals surface area contributed by atoms with Crippen LogP contribution >= 0.6 is 11.6 Å². The van der Waals surface area contributed by atoms with E-state index in [0.29, 0.717) is 23.7 Å². The summed E-state index contributed by atoms with van der Waals surface area (Å²) in [7, 11) is 1.52. The van der Waals surface area contributed by atoms with E-state index < -0.39 is 5.41 Å². The average molecular weight is 485 g/mol.